The third-order valence-corrected chi connectivity index (χ3v) is 3.06. The van der Waals surface area contributed by atoms with Crippen LogP contribution in [0.3, 0.4) is 0 Å². The van der Waals surface area contributed by atoms with E-state index in [0.29, 0.717) is 13.1 Å². The highest BCUT2D eigenvalue weighted by molar-refractivity contribution is 5.48. The second-order valence-electron chi connectivity index (χ2n) is 4.37. The van der Waals surface area contributed by atoms with Crippen LogP contribution in [-0.4, -0.2) is 49.4 Å². The summed E-state index contributed by atoms with van der Waals surface area (Å²) in [7, 11) is 1.43. The van der Waals surface area contributed by atoms with Crippen LogP contribution in [0, 0.1) is 5.82 Å². The smallest absolute Gasteiger partial charge is 0.165 e. The number of methoxy groups -OCH3 is 1. The van der Waals surface area contributed by atoms with Crippen molar-refractivity contribution in [2.45, 2.75) is 20.0 Å². The number of hydrogen-bond acceptors (Lipinski definition) is 4. The first-order valence-electron chi connectivity index (χ1n) is 6.58. The zero-order valence-corrected chi connectivity index (χ0v) is 11.8. The SMILES string of the molecule is CCN(CC)CC(O)CNc1ccc(F)c(OC)c1. The van der Waals surface area contributed by atoms with Gasteiger partial charge in [-0.3, -0.25) is 0 Å². The highest BCUT2D eigenvalue weighted by Crippen LogP contribution is 2.21. The number of ether oxygens (including phenoxy) is 1. The van der Waals surface area contributed by atoms with Crippen LogP contribution < -0.4 is 10.1 Å². The van der Waals surface area contributed by atoms with E-state index in [0.717, 1.165) is 18.8 Å². The van der Waals surface area contributed by atoms with Gasteiger partial charge in [-0.15, -0.1) is 0 Å². The van der Waals surface area contributed by atoms with E-state index in [4.69, 9.17) is 4.74 Å². The van der Waals surface area contributed by atoms with Crippen LogP contribution in [-0.2, 0) is 0 Å². The number of rotatable bonds is 8. The Hall–Kier alpha value is -1.33. The van der Waals surface area contributed by atoms with Crippen LogP contribution in [0.2, 0.25) is 0 Å². The Morgan fingerprint density at radius 2 is 2.05 bits per heavy atom. The molecule has 108 valence electrons. The molecule has 0 radical (unpaired) electrons. The molecule has 0 aliphatic carbocycles. The van der Waals surface area contributed by atoms with Crippen molar-refractivity contribution in [1.29, 1.82) is 0 Å². The summed E-state index contributed by atoms with van der Waals surface area (Å²) >= 11 is 0. The van der Waals surface area contributed by atoms with Crippen LogP contribution >= 0.6 is 0 Å². The molecule has 2 N–H and O–H groups in total. The molecule has 0 saturated carbocycles. The van der Waals surface area contributed by atoms with E-state index in [-0.39, 0.29) is 5.75 Å². The van der Waals surface area contributed by atoms with Crippen molar-refractivity contribution in [3.05, 3.63) is 24.0 Å². The Bertz CT molecular complexity index is 384. The van der Waals surface area contributed by atoms with E-state index >= 15 is 0 Å². The van der Waals surface area contributed by atoms with Gasteiger partial charge >= 0.3 is 0 Å². The summed E-state index contributed by atoms with van der Waals surface area (Å²) in [6.45, 7) is 7.00. The fourth-order valence-electron chi connectivity index (χ4n) is 1.85. The summed E-state index contributed by atoms with van der Waals surface area (Å²) < 4.78 is 18.1. The van der Waals surface area contributed by atoms with Crippen LogP contribution in [0.5, 0.6) is 5.75 Å². The molecular weight excluding hydrogens is 247 g/mol. The van der Waals surface area contributed by atoms with Gasteiger partial charge in [0, 0.05) is 24.8 Å². The summed E-state index contributed by atoms with van der Waals surface area (Å²) in [4.78, 5) is 2.15. The van der Waals surface area contributed by atoms with Crippen molar-refractivity contribution in [1.82, 2.24) is 4.90 Å². The van der Waals surface area contributed by atoms with Gasteiger partial charge in [0.05, 0.1) is 13.2 Å². The van der Waals surface area contributed by atoms with Crippen molar-refractivity contribution in [3.8, 4) is 5.75 Å². The van der Waals surface area contributed by atoms with Gasteiger partial charge in [0.15, 0.2) is 11.6 Å². The Labute approximate surface area is 114 Å². The van der Waals surface area contributed by atoms with Gasteiger partial charge in [-0.25, -0.2) is 4.39 Å². The van der Waals surface area contributed by atoms with E-state index in [9.17, 15) is 9.50 Å². The lowest BCUT2D eigenvalue weighted by Gasteiger charge is -2.22. The number of nitrogens with zero attached hydrogens (tertiary/aromatic N) is 1. The highest BCUT2D eigenvalue weighted by Gasteiger charge is 2.09. The normalized spacial score (nSPS) is 12.5. The van der Waals surface area contributed by atoms with Crippen LogP contribution in [0.25, 0.3) is 0 Å². The van der Waals surface area contributed by atoms with Gasteiger partial charge in [-0.05, 0) is 25.2 Å². The Morgan fingerprint density at radius 1 is 1.37 bits per heavy atom. The molecule has 1 aromatic carbocycles. The predicted molar refractivity (Wildman–Crippen MR) is 75.2 cm³/mol. The van der Waals surface area contributed by atoms with Crippen molar-refractivity contribution in [2.75, 3.05) is 38.6 Å². The average molecular weight is 270 g/mol. The first kappa shape index (κ1) is 15.7. The van der Waals surface area contributed by atoms with E-state index in [1.807, 2.05) is 0 Å². The van der Waals surface area contributed by atoms with Crippen molar-refractivity contribution in [3.63, 3.8) is 0 Å². The molecule has 0 aliphatic heterocycles. The van der Waals surface area contributed by atoms with Crippen LogP contribution in [0.15, 0.2) is 18.2 Å². The molecule has 0 amide bonds. The third-order valence-electron chi connectivity index (χ3n) is 3.06. The van der Waals surface area contributed by atoms with Crippen molar-refractivity contribution in [2.24, 2.45) is 0 Å². The zero-order valence-electron chi connectivity index (χ0n) is 11.8. The molecule has 1 aromatic rings. The van der Waals surface area contributed by atoms with Gasteiger partial charge < -0.3 is 20.1 Å². The van der Waals surface area contributed by atoms with E-state index in [1.54, 1.807) is 12.1 Å². The second kappa shape index (κ2) is 7.96. The molecule has 0 heterocycles. The number of anilines is 1. The molecular formula is C14H23FN2O2. The largest absolute Gasteiger partial charge is 0.494 e. The number of nitrogens with one attached hydrogen (secondary N) is 1. The molecule has 19 heavy (non-hydrogen) atoms. The summed E-state index contributed by atoms with van der Waals surface area (Å²) in [5.41, 5.74) is 0.733. The molecule has 4 nitrogen and oxygen atoms in total. The number of hydrogen-bond donors (Lipinski definition) is 2. The van der Waals surface area contributed by atoms with Crippen LogP contribution in [0.4, 0.5) is 10.1 Å². The van der Waals surface area contributed by atoms with Gasteiger partial charge in [0.25, 0.3) is 0 Å². The molecule has 0 spiro atoms. The Kier molecular flexibility index (Phi) is 6.59. The maximum absolute atomic E-state index is 13.2. The molecule has 1 rings (SSSR count). The Morgan fingerprint density at radius 3 is 2.63 bits per heavy atom. The van der Waals surface area contributed by atoms with Gasteiger partial charge in [0.2, 0.25) is 0 Å². The molecule has 0 bridgehead atoms. The van der Waals surface area contributed by atoms with Gasteiger partial charge in [0.1, 0.15) is 0 Å². The number of aliphatic hydroxyl groups excluding tert-OH is 1. The average Bonchev–Trinajstić information content (AvgIpc) is 2.43. The van der Waals surface area contributed by atoms with Gasteiger partial charge in [-0.1, -0.05) is 13.8 Å². The molecule has 0 aromatic heterocycles. The summed E-state index contributed by atoms with van der Waals surface area (Å²) in [6.07, 6.45) is -0.462. The lowest BCUT2D eigenvalue weighted by atomic mass is 10.2. The van der Waals surface area contributed by atoms with Gasteiger partial charge in [-0.2, -0.15) is 0 Å². The number of halogens is 1. The fourth-order valence-corrected chi connectivity index (χ4v) is 1.85. The topological polar surface area (TPSA) is 44.7 Å². The lowest BCUT2D eigenvalue weighted by Crippen LogP contribution is -2.35. The minimum absolute atomic E-state index is 0.197. The minimum atomic E-state index is -0.462. The van der Waals surface area contributed by atoms with E-state index in [1.165, 1.54) is 13.2 Å². The maximum Gasteiger partial charge on any atom is 0.165 e. The molecule has 0 saturated heterocycles. The lowest BCUT2D eigenvalue weighted by molar-refractivity contribution is 0.128. The van der Waals surface area contributed by atoms with E-state index < -0.39 is 11.9 Å². The molecule has 0 aliphatic rings. The standard InChI is InChI=1S/C14H23FN2O2/c1-4-17(5-2)10-12(18)9-16-11-6-7-13(15)14(8-11)19-3/h6-8,12,16,18H,4-5,9-10H2,1-3H3. The Balaban J connectivity index is 2.47. The number of benzene rings is 1. The predicted octanol–water partition coefficient (Wildman–Crippen LogP) is 1.95. The summed E-state index contributed by atoms with van der Waals surface area (Å²) in [5.74, 6) is -0.194. The van der Waals surface area contributed by atoms with Crippen LogP contribution in [0.1, 0.15) is 13.8 Å². The van der Waals surface area contributed by atoms with Crippen molar-refractivity contribution >= 4 is 5.69 Å². The molecule has 0 fully saturated rings. The second-order valence-corrected chi connectivity index (χ2v) is 4.37. The quantitative estimate of drug-likeness (QED) is 0.758. The number of likely N-dealkylation sites (N-methyl/N-ethyl adjacent to an activating group) is 1. The maximum atomic E-state index is 13.2. The summed E-state index contributed by atoms with van der Waals surface area (Å²) in [5, 5.41) is 13.0. The van der Waals surface area contributed by atoms with E-state index in [2.05, 4.69) is 24.1 Å². The first-order valence-corrected chi connectivity index (χ1v) is 6.58. The molecule has 5 heteroatoms. The first-order chi connectivity index (χ1) is 9.10. The molecule has 1 atom stereocenters. The zero-order chi connectivity index (χ0) is 14.3. The monoisotopic (exact) mass is 270 g/mol. The highest BCUT2D eigenvalue weighted by atomic mass is 19.1. The fraction of sp³-hybridized carbons (Fsp3) is 0.571. The summed E-state index contributed by atoms with van der Waals surface area (Å²) in [6, 6.07) is 4.55. The third kappa shape index (κ3) is 5.04. The molecule has 1 unspecified atom stereocenters. The number of aliphatic hydroxyl groups is 1. The minimum Gasteiger partial charge on any atom is -0.494 e. The van der Waals surface area contributed by atoms with Crippen molar-refractivity contribution < 1.29 is 14.2 Å².